The number of hydrogen-bond donors (Lipinski definition) is 1. The first-order valence-electron chi connectivity index (χ1n) is 7.64. The van der Waals surface area contributed by atoms with Crippen LogP contribution in [0.15, 0.2) is 60.7 Å². The highest BCUT2D eigenvalue weighted by molar-refractivity contribution is 7.98. The summed E-state index contributed by atoms with van der Waals surface area (Å²) in [7, 11) is 0. The van der Waals surface area contributed by atoms with Gasteiger partial charge in [-0.3, -0.25) is 4.79 Å². The van der Waals surface area contributed by atoms with Crippen molar-refractivity contribution in [3.05, 3.63) is 71.8 Å². The lowest BCUT2D eigenvalue weighted by Crippen LogP contribution is -2.40. The van der Waals surface area contributed by atoms with Crippen LogP contribution >= 0.6 is 11.8 Å². The monoisotopic (exact) mass is 313 g/mol. The first kappa shape index (κ1) is 16.6. The van der Waals surface area contributed by atoms with Crippen molar-refractivity contribution in [1.82, 2.24) is 5.32 Å². The second kappa shape index (κ2) is 8.64. The molecule has 0 bridgehead atoms. The predicted octanol–water partition coefficient (Wildman–Crippen LogP) is 4.37. The molecule has 0 aliphatic rings. The Balaban J connectivity index is 1.86. The third kappa shape index (κ3) is 5.23. The number of amides is 1. The normalized spacial score (nSPS) is 12.1. The Morgan fingerprint density at radius 1 is 1.00 bits per heavy atom. The minimum absolute atomic E-state index is 0.0135. The summed E-state index contributed by atoms with van der Waals surface area (Å²) in [6.07, 6.45) is 0. The van der Waals surface area contributed by atoms with Gasteiger partial charge in [-0.05, 0) is 23.6 Å². The van der Waals surface area contributed by atoms with Crippen LogP contribution in [0.5, 0.6) is 0 Å². The van der Waals surface area contributed by atoms with Gasteiger partial charge in [-0.25, -0.2) is 0 Å². The van der Waals surface area contributed by atoms with E-state index in [1.807, 2.05) is 48.2 Å². The van der Waals surface area contributed by atoms with Gasteiger partial charge in [-0.15, -0.1) is 0 Å². The molecule has 0 spiro atoms. The van der Waals surface area contributed by atoms with Crippen LogP contribution in [0, 0.1) is 5.92 Å². The number of carbonyl (C=O) groups excluding carboxylic acids is 1. The van der Waals surface area contributed by atoms with E-state index in [9.17, 15) is 4.79 Å². The van der Waals surface area contributed by atoms with Crippen LogP contribution in [0.4, 0.5) is 0 Å². The molecular weight excluding hydrogens is 290 g/mol. The van der Waals surface area contributed by atoms with Crippen molar-refractivity contribution in [2.24, 2.45) is 5.92 Å². The predicted molar refractivity (Wildman–Crippen MR) is 95.1 cm³/mol. The maximum atomic E-state index is 12.3. The molecule has 1 N–H and O–H groups in total. The van der Waals surface area contributed by atoms with Gasteiger partial charge in [0.25, 0.3) is 5.91 Å². The van der Waals surface area contributed by atoms with Crippen LogP contribution in [-0.2, 0) is 5.75 Å². The molecule has 0 unspecified atom stereocenters. The zero-order valence-electron chi connectivity index (χ0n) is 13.2. The van der Waals surface area contributed by atoms with Gasteiger partial charge in [-0.2, -0.15) is 11.8 Å². The van der Waals surface area contributed by atoms with Gasteiger partial charge in [0.15, 0.2) is 0 Å². The van der Waals surface area contributed by atoms with Crippen molar-refractivity contribution in [3.8, 4) is 0 Å². The minimum Gasteiger partial charge on any atom is -0.348 e. The fraction of sp³-hybridized carbons (Fsp3) is 0.316. The summed E-state index contributed by atoms with van der Waals surface area (Å²) in [6.45, 7) is 4.30. The van der Waals surface area contributed by atoms with Gasteiger partial charge in [0.1, 0.15) is 0 Å². The molecule has 0 fully saturated rings. The topological polar surface area (TPSA) is 29.1 Å². The van der Waals surface area contributed by atoms with Crippen molar-refractivity contribution in [3.63, 3.8) is 0 Å². The Morgan fingerprint density at radius 3 is 2.18 bits per heavy atom. The Hall–Kier alpha value is -1.74. The summed E-state index contributed by atoms with van der Waals surface area (Å²) in [5.41, 5.74) is 2.05. The molecule has 116 valence electrons. The Kier molecular flexibility index (Phi) is 6.53. The van der Waals surface area contributed by atoms with Crippen molar-refractivity contribution < 1.29 is 4.79 Å². The van der Waals surface area contributed by atoms with E-state index in [2.05, 4.69) is 43.4 Å². The molecule has 2 nitrogen and oxygen atoms in total. The highest BCUT2D eigenvalue weighted by Gasteiger charge is 2.17. The lowest BCUT2D eigenvalue weighted by atomic mass is 10.1. The van der Waals surface area contributed by atoms with E-state index >= 15 is 0 Å². The molecule has 2 rings (SSSR count). The Bertz CT molecular complexity index is 569. The number of rotatable bonds is 7. The van der Waals surface area contributed by atoms with Gasteiger partial charge >= 0.3 is 0 Å². The largest absolute Gasteiger partial charge is 0.348 e. The first-order chi connectivity index (χ1) is 10.7. The highest BCUT2D eigenvalue weighted by atomic mass is 32.2. The molecule has 0 saturated carbocycles. The van der Waals surface area contributed by atoms with E-state index in [1.54, 1.807) is 0 Å². The quantitative estimate of drug-likeness (QED) is 0.822. The van der Waals surface area contributed by atoms with E-state index in [0.717, 1.165) is 17.1 Å². The van der Waals surface area contributed by atoms with Gasteiger partial charge in [0.05, 0.1) is 0 Å². The molecule has 0 heterocycles. The van der Waals surface area contributed by atoms with Gasteiger partial charge in [0.2, 0.25) is 0 Å². The van der Waals surface area contributed by atoms with E-state index in [4.69, 9.17) is 0 Å². The van der Waals surface area contributed by atoms with Crippen LogP contribution < -0.4 is 5.32 Å². The lowest BCUT2D eigenvalue weighted by Gasteiger charge is -2.22. The molecule has 3 heteroatoms. The number of nitrogens with one attached hydrogen (secondary N) is 1. The smallest absolute Gasteiger partial charge is 0.251 e. The van der Waals surface area contributed by atoms with E-state index in [-0.39, 0.29) is 11.9 Å². The summed E-state index contributed by atoms with van der Waals surface area (Å²) in [5.74, 6) is 2.33. The first-order valence-corrected chi connectivity index (χ1v) is 8.80. The minimum atomic E-state index is 0.0135. The van der Waals surface area contributed by atoms with Crippen LogP contribution in [0.25, 0.3) is 0 Å². The zero-order chi connectivity index (χ0) is 15.8. The van der Waals surface area contributed by atoms with Crippen molar-refractivity contribution in [2.45, 2.75) is 25.6 Å². The molecule has 1 atom stereocenters. The molecule has 0 radical (unpaired) electrons. The fourth-order valence-corrected chi connectivity index (χ4v) is 3.39. The van der Waals surface area contributed by atoms with Crippen LogP contribution in [0.2, 0.25) is 0 Å². The highest BCUT2D eigenvalue weighted by Crippen LogP contribution is 2.16. The van der Waals surface area contributed by atoms with Crippen molar-refractivity contribution >= 4 is 17.7 Å². The standard InChI is InChI=1S/C19H23NOS/c1-15(2)18(14-22-13-16-9-5-3-6-10-16)20-19(21)17-11-7-4-8-12-17/h3-12,15,18H,13-14H2,1-2H3,(H,20,21)/t18-/m1/s1. The molecule has 0 aromatic heterocycles. The summed E-state index contributed by atoms with van der Waals surface area (Å²) < 4.78 is 0. The summed E-state index contributed by atoms with van der Waals surface area (Å²) >= 11 is 1.87. The molecule has 0 aliphatic carbocycles. The maximum Gasteiger partial charge on any atom is 0.251 e. The average molecular weight is 313 g/mol. The van der Waals surface area contributed by atoms with E-state index in [1.165, 1.54) is 5.56 Å². The number of benzene rings is 2. The number of thioether (sulfide) groups is 1. The maximum absolute atomic E-state index is 12.3. The third-order valence-electron chi connectivity index (χ3n) is 3.57. The Labute approximate surface area is 137 Å². The summed E-state index contributed by atoms with van der Waals surface area (Å²) in [6, 6.07) is 20.0. The van der Waals surface area contributed by atoms with Gasteiger partial charge in [-0.1, -0.05) is 62.4 Å². The molecule has 0 saturated heterocycles. The summed E-state index contributed by atoms with van der Waals surface area (Å²) in [4.78, 5) is 12.3. The third-order valence-corrected chi connectivity index (χ3v) is 4.70. The van der Waals surface area contributed by atoms with E-state index < -0.39 is 0 Å². The van der Waals surface area contributed by atoms with Gasteiger partial charge < -0.3 is 5.32 Å². The average Bonchev–Trinajstić information content (AvgIpc) is 2.55. The second-order valence-corrected chi connectivity index (χ2v) is 6.72. The van der Waals surface area contributed by atoms with E-state index in [0.29, 0.717) is 5.92 Å². The van der Waals surface area contributed by atoms with Gasteiger partial charge in [0, 0.05) is 23.1 Å². The van der Waals surface area contributed by atoms with Crippen LogP contribution in [0.1, 0.15) is 29.8 Å². The number of hydrogen-bond acceptors (Lipinski definition) is 2. The second-order valence-electron chi connectivity index (χ2n) is 5.69. The number of carbonyl (C=O) groups is 1. The van der Waals surface area contributed by atoms with Crippen LogP contribution in [0.3, 0.4) is 0 Å². The van der Waals surface area contributed by atoms with Crippen molar-refractivity contribution in [2.75, 3.05) is 5.75 Å². The molecular formula is C19H23NOS. The zero-order valence-corrected chi connectivity index (χ0v) is 14.0. The molecule has 0 aliphatic heterocycles. The molecule has 2 aromatic rings. The fourth-order valence-electron chi connectivity index (χ4n) is 2.12. The lowest BCUT2D eigenvalue weighted by molar-refractivity contribution is 0.0931. The SMILES string of the molecule is CC(C)[C@@H](CSCc1ccccc1)NC(=O)c1ccccc1. The summed E-state index contributed by atoms with van der Waals surface area (Å²) in [5, 5.41) is 3.16. The molecule has 1 amide bonds. The molecule has 2 aromatic carbocycles. The van der Waals surface area contributed by atoms with Crippen LogP contribution in [-0.4, -0.2) is 17.7 Å². The molecule has 22 heavy (non-hydrogen) atoms. The van der Waals surface area contributed by atoms with Crippen molar-refractivity contribution in [1.29, 1.82) is 0 Å². The Morgan fingerprint density at radius 2 is 1.59 bits per heavy atom.